The third kappa shape index (κ3) is 4.56. The fourth-order valence-corrected chi connectivity index (χ4v) is 1.92. The van der Waals surface area contributed by atoms with E-state index in [0.29, 0.717) is 36.2 Å². The molecule has 0 spiro atoms. The number of carbonyl (C=O) groups is 1. The van der Waals surface area contributed by atoms with Crippen molar-refractivity contribution in [1.82, 2.24) is 9.97 Å². The van der Waals surface area contributed by atoms with Gasteiger partial charge in [-0.05, 0) is 12.1 Å². The summed E-state index contributed by atoms with van der Waals surface area (Å²) >= 11 is 0. The van der Waals surface area contributed by atoms with Crippen LogP contribution in [-0.4, -0.2) is 50.4 Å². The zero-order valence-electron chi connectivity index (χ0n) is 13.8. The molecule has 0 aliphatic rings. The number of methoxy groups -OCH3 is 3. The molecule has 0 saturated carbocycles. The molecule has 0 bridgehead atoms. The summed E-state index contributed by atoms with van der Waals surface area (Å²) in [5, 5.41) is 5.77. The van der Waals surface area contributed by atoms with Gasteiger partial charge in [-0.15, -0.1) is 0 Å². The van der Waals surface area contributed by atoms with Gasteiger partial charge < -0.3 is 24.8 Å². The molecular formula is C16H20N4O4. The van der Waals surface area contributed by atoms with Crippen LogP contribution in [0.2, 0.25) is 0 Å². The quantitative estimate of drug-likeness (QED) is 0.712. The van der Waals surface area contributed by atoms with Crippen molar-refractivity contribution in [2.75, 3.05) is 45.1 Å². The molecule has 128 valence electrons. The third-order valence-corrected chi connectivity index (χ3v) is 3.15. The van der Waals surface area contributed by atoms with Crippen molar-refractivity contribution in [3.63, 3.8) is 0 Å². The number of hydrogen-bond acceptors (Lipinski definition) is 7. The number of anilines is 2. The Hall–Kier alpha value is -2.87. The highest BCUT2D eigenvalue weighted by Crippen LogP contribution is 2.29. The van der Waals surface area contributed by atoms with Crippen LogP contribution >= 0.6 is 0 Å². The molecule has 0 aliphatic heterocycles. The molecule has 0 saturated heterocycles. The van der Waals surface area contributed by atoms with Crippen LogP contribution in [0.4, 0.5) is 11.5 Å². The predicted molar refractivity (Wildman–Crippen MR) is 89.9 cm³/mol. The van der Waals surface area contributed by atoms with Crippen molar-refractivity contribution in [3.05, 3.63) is 36.3 Å². The van der Waals surface area contributed by atoms with Gasteiger partial charge in [0.2, 0.25) is 0 Å². The second-order valence-electron chi connectivity index (χ2n) is 4.73. The van der Waals surface area contributed by atoms with Gasteiger partial charge in [-0.1, -0.05) is 0 Å². The fraction of sp³-hybridized carbons (Fsp3) is 0.312. The van der Waals surface area contributed by atoms with E-state index in [1.807, 2.05) is 0 Å². The van der Waals surface area contributed by atoms with E-state index in [2.05, 4.69) is 20.6 Å². The number of hydrogen-bond donors (Lipinski definition) is 2. The number of nitrogens with zero attached hydrogens (tertiary/aromatic N) is 2. The Morgan fingerprint density at radius 1 is 1.12 bits per heavy atom. The molecule has 8 heteroatoms. The Kier molecular flexibility index (Phi) is 6.32. The Labute approximate surface area is 140 Å². The Bertz CT molecular complexity index is 676. The molecule has 0 aliphatic carbocycles. The molecule has 1 aromatic carbocycles. The number of rotatable bonds is 8. The van der Waals surface area contributed by atoms with Crippen LogP contribution in [-0.2, 0) is 4.74 Å². The number of ether oxygens (including phenoxy) is 3. The van der Waals surface area contributed by atoms with Crippen LogP contribution in [0.15, 0.2) is 30.6 Å². The summed E-state index contributed by atoms with van der Waals surface area (Å²) in [6.45, 7) is 1.16. The molecule has 0 fully saturated rings. The lowest BCUT2D eigenvalue weighted by Crippen LogP contribution is -2.15. The van der Waals surface area contributed by atoms with Gasteiger partial charge >= 0.3 is 0 Å². The number of carbonyl (C=O) groups excluding carboxylic acids is 1. The van der Waals surface area contributed by atoms with Gasteiger partial charge in [0.05, 0.1) is 38.9 Å². The molecule has 2 N–H and O–H groups in total. The Morgan fingerprint density at radius 3 is 2.58 bits per heavy atom. The molecular weight excluding hydrogens is 312 g/mol. The molecule has 1 aromatic heterocycles. The predicted octanol–water partition coefficient (Wildman–Crippen LogP) is 1.80. The second kappa shape index (κ2) is 8.68. The third-order valence-electron chi connectivity index (χ3n) is 3.15. The van der Waals surface area contributed by atoms with E-state index in [0.717, 1.165) is 0 Å². The average molecular weight is 332 g/mol. The van der Waals surface area contributed by atoms with Gasteiger partial charge in [-0.25, -0.2) is 9.97 Å². The maximum absolute atomic E-state index is 12.3. The van der Waals surface area contributed by atoms with E-state index in [1.54, 1.807) is 32.4 Å². The smallest absolute Gasteiger partial charge is 0.275 e. The summed E-state index contributed by atoms with van der Waals surface area (Å²) in [6.07, 6.45) is 2.89. The number of benzene rings is 1. The summed E-state index contributed by atoms with van der Waals surface area (Å²) in [5.41, 5.74) is 0.683. The molecule has 24 heavy (non-hydrogen) atoms. The molecule has 1 amide bonds. The fourth-order valence-electron chi connectivity index (χ4n) is 1.92. The zero-order chi connectivity index (χ0) is 17.4. The molecule has 0 atom stereocenters. The van der Waals surface area contributed by atoms with Crippen molar-refractivity contribution >= 4 is 17.4 Å². The second-order valence-corrected chi connectivity index (χ2v) is 4.73. The molecule has 1 heterocycles. The lowest BCUT2D eigenvalue weighted by molar-refractivity contribution is 0.102. The first kappa shape index (κ1) is 17.5. The van der Waals surface area contributed by atoms with Gasteiger partial charge in [-0.2, -0.15) is 0 Å². The van der Waals surface area contributed by atoms with Gasteiger partial charge in [-0.3, -0.25) is 4.79 Å². The summed E-state index contributed by atoms with van der Waals surface area (Å²) < 4.78 is 15.3. The Morgan fingerprint density at radius 2 is 1.96 bits per heavy atom. The van der Waals surface area contributed by atoms with Crippen molar-refractivity contribution in [3.8, 4) is 11.5 Å². The highest BCUT2D eigenvalue weighted by atomic mass is 16.5. The summed E-state index contributed by atoms with van der Waals surface area (Å²) in [4.78, 5) is 20.5. The van der Waals surface area contributed by atoms with E-state index in [-0.39, 0.29) is 5.69 Å². The minimum absolute atomic E-state index is 0.192. The van der Waals surface area contributed by atoms with Gasteiger partial charge in [0.1, 0.15) is 23.0 Å². The van der Waals surface area contributed by atoms with E-state index < -0.39 is 5.91 Å². The standard InChI is InChI=1S/C16H20N4O4/c1-22-7-6-17-15-10-18-13(9-19-15)16(21)20-12-8-11(23-2)4-5-14(12)24-3/h4-5,8-10H,6-7H2,1-3H3,(H,17,19)(H,20,21). The lowest BCUT2D eigenvalue weighted by Gasteiger charge is -2.11. The van der Waals surface area contributed by atoms with Gasteiger partial charge in [0, 0.05) is 19.7 Å². The number of aromatic nitrogens is 2. The molecule has 0 unspecified atom stereocenters. The van der Waals surface area contributed by atoms with Crippen molar-refractivity contribution in [2.45, 2.75) is 0 Å². The highest BCUT2D eigenvalue weighted by Gasteiger charge is 2.12. The number of nitrogens with one attached hydrogen (secondary N) is 2. The normalized spacial score (nSPS) is 10.1. The maximum Gasteiger partial charge on any atom is 0.275 e. The molecule has 2 aromatic rings. The molecule has 0 radical (unpaired) electrons. The minimum atomic E-state index is -0.391. The topological polar surface area (TPSA) is 94.6 Å². The zero-order valence-corrected chi connectivity index (χ0v) is 13.8. The van der Waals surface area contributed by atoms with E-state index >= 15 is 0 Å². The first-order valence-electron chi connectivity index (χ1n) is 7.26. The first-order valence-corrected chi connectivity index (χ1v) is 7.26. The number of amides is 1. The molecule has 8 nitrogen and oxygen atoms in total. The monoisotopic (exact) mass is 332 g/mol. The van der Waals surface area contributed by atoms with Gasteiger partial charge in [0.25, 0.3) is 5.91 Å². The van der Waals surface area contributed by atoms with Gasteiger partial charge in [0.15, 0.2) is 0 Å². The summed E-state index contributed by atoms with van der Waals surface area (Å²) in [5.74, 6) is 1.31. The molecule has 2 rings (SSSR count). The van der Waals surface area contributed by atoms with Crippen LogP contribution in [0, 0.1) is 0 Å². The summed E-state index contributed by atoms with van der Waals surface area (Å²) in [6, 6.07) is 5.13. The lowest BCUT2D eigenvalue weighted by atomic mass is 10.2. The van der Waals surface area contributed by atoms with Crippen molar-refractivity contribution in [1.29, 1.82) is 0 Å². The SMILES string of the molecule is COCCNc1cnc(C(=O)Nc2cc(OC)ccc2OC)cn1. The van der Waals surface area contributed by atoms with Crippen LogP contribution < -0.4 is 20.1 Å². The highest BCUT2D eigenvalue weighted by molar-refractivity contribution is 6.03. The maximum atomic E-state index is 12.3. The van der Waals surface area contributed by atoms with Crippen LogP contribution in [0.25, 0.3) is 0 Å². The van der Waals surface area contributed by atoms with Crippen molar-refractivity contribution < 1.29 is 19.0 Å². The largest absolute Gasteiger partial charge is 0.497 e. The summed E-state index contributed by atoms with van der Waals surface area (Å²) in [7, 11) is 4.69. The van der Waals surface area contributed by atoms with E-state index in [9.17, 15) is 4.79 Å². The van der Waals surface area contributed by atoms with Crippen molar-refractivity contribution in [2.24, 2.45) is 0 Å². The Balaban J connectivity index is 2.06. The van der Waals surface area contributed by atoms with E-state index in [4.69, 9.17) is 14.2 Å². The first-order chi connectivity index (χ1) is 11.7. The van der Waals surface area contributed by atoms with E-state index in [1.165, 1.54) is 19.5 Å². The van der Waals surface area contributed by atoms with Crippen LogP contribution in [0.3, 0.4) is 0 Å². The minimum Gasteiger partial charge on any atom is -0.497 e. The average Bonchev–Trinajstić information content (AvgIpc) is 2.62. The van der Waals surface area contributed by atoms with Crippen LogP contribution in [0.5, 0.6) is 11.5 Å². The van der Waals surface area contributed by atoms with Crippen LogP contribution in [0.1, 0.15) is 10.5 Å².